The van der Waals surface area contributed by atoms with Crippen molar-refractivity contribution in [2.75, 3.05) is 17.2 Å². The number of nitrogens with one attached hydrogen (secondary N) is 1. The van der Waals surface area contributed by atoms with E-state index in [1.807, 2.05) is 37.3 Å². The van der Waals surface area contributed by atoms with Gasteiger partial charge in [-0.2, -0.15) is 0 Å². The highest BCUT2D eigenvalue weighted by molar-refractivity contribution is 5.97. The van der Waals surface area contributed by atoms with Crippen LogP contribution >= 0.6 is 0 Å². The largest absolute Gasteiger partial charge is 0.383 e. The fourth-order valence-electron chi connectivity index (χ4n) is 3.98. The molecule has 1 heterocycles. The first-order valence-corrected chi connectivity index (χ1v) is 10.5. The molecule has 1 amide bonds. The summed E-state index contributed by atoms with van der Waals surface area (Å²) < 4.78 is 1.33. The Balaban J connectivity index is 2.02. The average molecular weight is 399 g/mol. The van der Waals surface area contributed by atoms with Crippen LogP contribution in [0.15, 0.2) is 39.9 Å². The number of carbonyl (C=O) groups excluding carboxylic acids is 1. The van der Waals surface area contributed by atoms with E-state index in [1.54, 1.807) is 0 Å². The maximum Gasteiger partial charge on any atom is 0.330 e. The summed E-state index contributed by atoms with van der Waals surface area (Å²) in [6, 6.07) is 9.42. The van der Waals surface area contributed by atoms with Crippen LogP contribution in [0.1, 0.15) is 57.4 Å². The second kappa shape index (κ2) is 9.58. The van der Waals surface area contributed by atoms with E-state index >= 15 is 0 Å². The molecule has 0 radical (unpaired) electrons. The van der Waals surface area contributed by atoms with Crippen molar-refractivity contribution in [1.82, 2.24) is 9.55 Å². The van der Waals surface area contributed by atoms with E-state index in [9.17, 15) is 14.4 Å². The van der Waals surface area contributed by atoms with Crippen molar-refractivity contribution in [1.29, 1.82) is 0 Å². The quantitative estimate of drug-likeness (QED) is 0.749. The van der Waals surface area contributed by atoms with Gasteiger partial charge in [-0.25, -0.2) is 4.79 Å². The first kappa shape index (κ1) is 20.9. The number of rotatable bonds is 7. The fourth-order valence-corrected chi connectivity index (χ4v) is 3.98. The van der Waals surface area contributed by atoms with E-state index in [1.165, 1.54) is 9.47 Å². The molecule has 2 aromatic rings. The predicted octanol–water partition coefficient (Wildman–Crippen LogP) is 2.88. The number of aromatic nitrogens is 2. The Labute approximate surface area is 170 Å². The van der Waals surface area contributed by atoms with Gasteiger partial charge in [-0.3, -0.25) is 19.1 Å². The molecule has 0 saturated heterocycles. The van der Waals surface area contributed by atoms with Gasteiger partial charge >= 0.3 is 5.69 Å². The van der Waals surface area contributed by atoms with Crippen molar-refractivity contribution < 1.29 is 4.79 Å². The molecule has 0 spiro atoms. The minimum absolute atomic E-state index is 0.0443. The third-order valence-corrected chi connectivity index (χ3v) is 5.62. The van der Waals surface area contributed by atoms with Crippen molar-refractivity contribution in [2.45, 2.75) is 58.4 Å². The zero-order chi connectivity index (χ0) is 20.8. The Hall–Kier alpha value is -2.83. The Kier molecular flexibility index (Phi) is 6.90. The van der Waals surface area contributed by atoms with Crippen molar-refractivity contribution in [3.8, 4) is 0 Å². The Morgan fingerprint density at radius 3 is 2.52 bits per heavy atom. The molecule has 156 valence electrons. The van der Waals surface area contributed by atoms with Crippen molar-refractivity contribution in [3.05, 3.63) is 56.7 Å². The molecule has 3 rings (SSSR count). The number of aromatic amines is 1. The Morgan fingerprint density at radius 2 is 1.86 bits per heavy atom. The third-order valence-electron chi connectivity index (χ3n) is 5.62. The van der Waals surface area contributed by atoms with Gasteiger partial charge in [0.1, 0.15) is 5.82 Å². The van der Waals surface area contributed by atoms with Crippen molar-refractivity contribution >= 4 is 17.4 Å². The van der Waals surface area contributed by atoms with E-state index in [0.29, 0.717) is 6.54 Å². The topological polar surface area (TPSA) is 101 Å². The van der Waals surface area contributed by atoms with E-state index in [0.717, 1.165) is 50.5 Å². The lowest BCUT2D eigenvalue weighted by Gasteiger charge is -2.30. The molecule has 1 aromatic heterocycles. The van der Waals surface area contributed by atoms with Gasteiger partial charge in [0, 0.05) is 12.5 Å². The van der Waals surface area contributed by atoms with E-state index < -0.39 is 11.2 Å². The van der Waals surface area contributed by atoms with Gasteiger partial charge in [0.05, 0.1) is 6.54 Å². The zero-order valence-electron chi connectivity index (χ0n) is 17.0. The molecular weight excluding hydrogens is 368 g/mol. The van der Waals surface area contributed by atoms with Gasteiger partial charge in [-0.1, -0.05) is 62.9 Å². The van der Waals surface area contributed by atoms with Crippen LogP contribution in [0.3, 0.4) is 0 Å². The highest BCUT2D eigenvalue weighted by Gasteiger charge is 2.30. The molecule has 1 aromatic carbocycles. The van der Waals surface area contributed by atoms with Crippen LogP contribution in [-0.4, -0.2) is 22.0 Å². The molecule has 0 aliphatic heterocycles. The molecule has 29 heavy (non-hydrogen) atoms. The molecule has 7 heteroatoms. The summed E-state index contributed by atoms with van der Waals surface area (Å²) in [4.78, 5) is 42.3. The number of nitrogens with zero attached hydrogens (tertiary/aromatic N) is 2. The smallest absolute Gasteiger partial charge is 0.330 e. The number of carbonyl (C=O) groups is 1. The molecule has 0 unspecified atom stereocenters. The maximum atomic E-state index is 13.3. The molecule has 1 fully saturated rings. The van der Waals surface area contributed by atoms with Crippen LogP contribution in [0.2, 0.25) is 0 Å². The van der Waals surface area contributed by atoms with Crippen LogP contribution < -0.4 is 21.9 Å². The van der Waals surface area contributed by atoms with Crippen molar-refractivity contribution in [3.63, 3.8) is 0 Å². The molecule has 1 aliphatic carbocycles. The lowest BCUT2D eigenvalue weighted by molar-refractivity contribution is -0.123. The first-order chi connectivity index (χ1) is 14.0. The fraction of sp³-hybridized carbons (Fsp3) is 0.500. The van der Waals surface area contributed by atoms with E-state index in [2.05, 4.69) is 4.98 Å². The number of amides is 1. The second-order valence-electron chi connectivity index (χ2n) is 7.74. The van der Waals surface area contributed by atoms with Crippen LogP contribution in [-0.2, 0) is 11.3 Å². The Bertz CT molecular complexity index is 943. The number of anilines is 2. The Morgan fingerprint density at radius 1 is 1.17 bits per heavy atom. The summed E-state index contributed by atoms with van der Waals surface area (Å²) in [5.41, 5.74) is 6.14. The molecule has 7 nitrogen and oxygen atoms in total. The van der Waals surface area contributed by atoms with Crippen LogP contribution in [0.4, 0.5) is 11.5 Å². The average Bonchev–Trinajstić information content (AvgIpc) is 2.74. The lowest BCUT2D eigenvalue weighted by Crippen LogP contribution is -2.44. The minimum atomic E-state index is -0.600. The number of benzene rings is 1. The summed E-state index contributed by atoms with van der Waals surface area (Å²) in [6.45, 7) is 2.68. The summed E-state index contributed by atoms with van der Waals surface area (Å²) in [7, 11) is 0. The van der Waals surface area contributed by atoms with Gasteiger partial charge in [0.2, 0.25) is 5.91 Å². The number of nitrogens with two attached hydrogens (primary N) is 1. The van der Waals surface area contributed by atoms with Gasteiger partial charge in [0.25, 0.3) is 5.56 Å². The molecular formula is C22H30N4O3. The number of hydrogen-bond acceptors (Lipinski definition) is 4. The van der Waals surface area contributed by atoms with E-state index in [-0.39, 0.29) is 29.9 Å². The van der Waals surface area contributed by atoms with E-state index in [4.69, 9.17) is 5.73 Å². The standard InChI is InChI=1S/C22H30N4O3/c1-2-3-14-25(21(28)17-12-8-5-9-13-17)18-19(23)26(22(29)24-20(18)27)15-16-10-6-4-7-11-16/h4,6-7,10-11,17H,2-3,5,8-9,12-15,23H2,1H3,(H,24,27,29). The summed E-state index contributed by atoms with van der Waals surface area (Å²) in [6.07, 6.45) is 6.51. The van der Waals surface area contributed by atoms with Crippen LogP contribution in [0.25, 0.3) is 0 Å². The monoisotopic (exact) mass is 398 g/mol. The number of H-pyrrole nitrogens is 1. The van der Waals surface area contributed by atoms with Crippen LogP contribution in [0.5, 0.6) is 0 Å². The number of unbranched alkanes of at least 4 members (excludes halogenated alkanes) is 1. The second-order valence-corrected chi connectivity index (χ2v) is 7.74. The SMILES string of the molecule is CCCCN(C(=O)C1CCCCC1)c1c(N)n(Cc2ccccc2)c(=O)[nH]c1=O. The van der Waals surface area contributed by atoms with Crippen LogP contribution in [0, 0.1) is 5.92 Å². The zero-order valence-corrected chi connectivity index (χ0v) is 17.0. The van der Waals surface area contributed by atoms with Gasteiger partial charge in [0.15, 0.2) is 5.69 Å². The molecule has 3 N–H and O–H groups in total. The molecule has 0 atom stereocenters. The van der Waals surface area contributed by atoms with Gasteiger partial charge in [-0.15, -0.1) is 0 Å². The molecule has 1 aliphatic rings. The molecule has 1 saturated carbocycles. The van der Waals surface area contributed by atoms with Gasteiger partial charge < -0.3 is 10.6 Å². The number of nitrogen functional groups attached to an aromatic ring is 1. The number of hydrogen-bond donors (Lipinski definition) is 2. The first-order valence-electron chi connectivity index (χ1n) is 10.5. The highest BCUT2D eigenvalue weighted by atomic mass is 16.2. The maximum absolute atomic E-state index is 13.3. The summed E-state index contributed by atoms with van der Waals surface area (Å²) in [5.74, 6) is -0.1000. The summed E-state index contributed by atoms with van der Waals surface area (Å²) >= 11 is 0. The molecule has 0 bridgehead atoms. The van der Waals surface area contributed by atoms with Gasteiger partial charge in [-0.05, 0) is 24.8 Å². The third kappa shape index (κ3) is 4.78. The normalized spacial score (nSPS) is 14.7. The minimum Gasteiger partial charge on any atom is -0.383 e. The lowest BCUT2D eigenvalue weighted by atomic mass is 9.88. The predicted molar refractivity (Wildman–Crippen MR) is 115 cm³/mol. The van der Waals surface area contributed by atoms with Crippen molar-refractivity contribution in [2.24, 2.45) is 5.92 Å². The summed E-state index contributed by atoms with van der Waals surface area (Å²) in [5, 5.41) is 0. The highest BCUT2D eigenvalue weighted by Crippen LogP contribution is 2.28.